The minimum atomic E-state index is -0.732. The Morgan fingerprint density at radius 1 is 1.03 bits per heavy atom. The number of ether oxygens (including phenoxy) is 2. The first kappa shape index (κ1) is 20.9. The van der Waals surface area contributed by atoms with Crippen LogP contribution >= 0.6 is 0 Å². The maximum absolute atomic E-state index is 12.6. The average molecular weight is 410 g/mol. The summed E-state index contributed by atoms with van der Waals surface area (Å²) in [7, 11) is 0. The molecule has 0 saturated carbocycles. The molecule has 8 nitrogen and oxygen atoms in total. The fourth-order valence-electron chi connectivity index (χ4n) is 3.06. The van der Waals surface area contributed by atoms with E-state index in [4.69, 9.17) is 9.47 Å². The van der Waals surface area contributed by atoms with Crippen molar-refractivity contribution in [1.82, 2.24) is 10.6 Å². The number of hydrogen-bond acceptors (Lipinski definition) is 6. The first-order valence-electron chi connectivity index (χ1n) is 9.44. The van der Waals surface area contributed by atoms with Crippen LogP contribution in [0.25, 0.3) is 0 Å². The van der Waals surface area contributed by atoms with Gasteiger partial charge in [-0.1, -0.05) is 42.5 Å². The second-order valence-electron chi connectivity index (χ2n) is 6.56. The molecule has 0 bridgehead atoms. The number of benzene rings is 2. The van der Waals surface area contributed by atoms with Gasteiger partial charge < -0.3 is 25.2 Å². The topological polar surface area (TPSA) is 114 Å². The lowest BCUT2D eigenvalue weighted by Gasteiger charge is -2.29. The van der Waals surface area contributed by atoms with Gasteiger partial charge in [0.25, 0.3) is 0 Å². The molecule has 0 spiro atoms. The van der Waals surface area contributed by atoms with Crippen molar-refractivity contribution in [3.63, 3.8) is 0 Å². The lowest BCUT2D eigenvalue weighted by molar-refractivity contribution is -0.143. The third-order valence-electron chi connectivity index (χ3n) is 4.44. The van der Waals surface area contributed by atoms with E-state index in [0.29, 0.717) is 11.1 Å². The molecule has 2 amide bonds. The maximum atomic E-state index is 12.6. The lowest BCUT2D eigenvalue weighted by atomic mass is 9.95. The standard InChI is InChI=1S/C22H22N2O6/c1-2-29-21(27)19-17(13-30-18(26)12-14-8-10-16(25)11-9-14)23-22(28)24-20(19)15-6-4-3-5-7-15/h3-11,20,25H,2,12-13H2,1H3,(H2,23,24,28)/t20-/m0/s1. The molecule has 0 aliphatic carbocycles. The van der Waals surface area contributed by atoms with Crippen LogP contribution in [0.3, 0.4) is 0 Å². The fraction of sp³-hybridized carbons (Fsp3) is 0.227. The molecule has 1 aliphatic heterocycles. The van der Waals surface area contributed by atoms with Crippen LogP contribution in [0.5, 0.6) is 5.75 Å². The van der Waals surface area contributed by atoms with Crippen LogP contribution in [-0.2, 0) is 25.5 Å². The first-order chi connectivity index (χ1) is 14.5. The SMILES string of the molecule is CCOC(=O)C1=C(COC(=O)Cc2ccc(O)cc2)NC(=O)N[C@H]1c1ccccc1. The molecule has 1 heterocycles. The molecule has 2 aromatic carbocycles. The van der Waals surface area contributed by atoms with Crippen molar-refractivity contribution in [2.45, 2.75) is 19.4 Å². The number of phenols is 1. The minimum Gasteiger partial charge on any atom is -0.508 e. The molecular formula is C22H22N2O6. The number of hydrogen-bond donors (Lipinski definition) is 3. The predicted molar refractivity (Wildman–Crippen MR) is 107 cm³/mol. The van der Waals surface area contributed by atoms with Crippen LogP contribution in [0, 0.1) is 0 Å². The van der Waals surface area contributed by atoms with Crippen molar-refractivity contribution in [1.29, 1.82) is 0 Å². The molecule has 0 unspecified atom stereocenters. The van der Waals surface area contributed by atoms with E-state index in [1.165, 1.54) is 12.1 Å². The van der Waals surface area contributed by atoms with Crippen molar-refractivity contribution in [2.75, 3.05) is 13.2 Å². The van der Waals surface area contributed by atoms with E-state index in [1.54, 1.807) is 43.3 Å². The van der Waals surface area contributed by atoms with Gasteiger partial charge in [-0.2, -0.15) is 0 Å². The van der Waals surface area contributed by atoms with E-state index < -0.39 is 24.0 Å². The molecule has 156 valence electrons. The third kappa shape index (κ3) is 5.16. The number of rotatable bonds is 7. The summed E-state index contributed by atoms with van der Waals surface area (Å²) in [5, 5.41) is 14.6. The Morgan fingerprint density at radius 2 is 1.73 bits per heavy atom. The second kappa shape index (κ2) is 9.60. The van der Waals surface area contributed by atoms with Crippen LogP contribution in [-0.4, -0.2) is 36.3 Å². The van der Waals surface area contributed by atoms with E-state index in [9.17, 15) is 19.5 Å². The highest BCUT2D eigenvalue weighted by Crippen LogP contribution is 2.27. The first-order valence-corrected chi connectivity index (χ1v) is 9.44. The number of nitrogens with one attached hydrogen (secondary N) is 2. The monoisotopic (exact) mass is 410 g/mol. The van der Waals surface area contributed by atoms with Gasteiger partial charge in [-0.05, 0) is 30.2 Å². The van der Waals surface area contributed by atoms with Gasteiger partial charge in [-0.15, -0.1) is 0 Å². The quantitative estimate of drug-likeness (QED) is 0.604. The van der Waals surface area contributed by atoms with Gasteiger partial charge in [0.2, 0.25) is 0 Å². The molecule has 3 rings (SSSR count). The number of urea groups is 1. The predicted octanol–water partition coefficient (Wildman–Crippen LogP) is 2.35. The Balaban J connectivity index is 1.81. The number of carbonyl (C=O) groups excluding carboxylic acids is 3. The van der Waals surface area contributed by atoms with Gasteiger partial charge >= 0.3 is 18.0 Å². The molecule has 2 aromatic rings. The summed E-state index contributed by atoms with van der Waals surface area (Å²) in [4.78, 5) is 37.0. The van der Waals surface area contributed by atoms with Gasteiger partial charge in [0, 0.05) is 0 Å². The highest BCUT2D eigenvalue weighted by Gasteiger charge is 2.34. The molecule has 3 N–H and O–H groups in total. The smallest absolute Gasteiger partial charge is 0.338 e. The van der Waals surface area contributed by atoms with Gasteiger partial charge in [0.15, 0.2) is 0 Å². The molecule has 0 radical (unpaired) electrons. The Kier molecular flexibility index (Phi) is 6.69. The van der Waals surface area contributed by atoms with Gasteiger partial charge in [0.05, 0.1) is 30.3 Å². The zero-order valence-corrected chi connectivity index (χ0v) is 16.4. The zero-order valence-electron chi connectivity index (χ0n) is 16.4. The van der Waals surface area contributed by atoms with Crippen LogP contribution in [0.1, 0.15) is 24.1 Å². The van der Waals surface area contributed by atoms with E-state index in [1.807, 2.05) is 6.07 Å². The lowest BCUT2D eigenvalue weighted by Crippen LogP contribution is -2.47. The fourth-order valence-corrected chi connectivity index (χ4v) is 3.06. The average Bonchev–Trinajstić information content (AvgIpc) is 2.74. The normalized spacial score (nSPS) is 15.8. The summed E-state index contributed by atoms with van der Waals surface area (Å²) in [6.07, 6.45) is -0.0173. The highest BCUT2D eigenvalue weighted by molar-refractivity contribution is 5.95. The Bertz CT molecular complexity index is 953. The van der Waals surface area contributed by atoms with Crippen LogP contribution in [0.2, 0.25) is 0 Å². The van der Waals surface area contributed by atoms with Crippen LogP contribution in [0.15, 0.2) is 65.9 Å². The van der Waals surface area contributed by atoms with Crippen molar-refractivity contribution in [3.8, 4) is 5.75 Å². The number of esters is 2. The van der Waals surface area contributed by atoms with Gasteiger partial charge in [0.1, 0.15) is 12.4 Å². The van der Waals surface area contributed by atoms with E-state index in [2.05, 4.69) is 10.6 Å². The molecular weight excluding hydrogens is 388 g/mol. The molecule has 8 heteroatoms. The summed E-state index contributed by atoms with van der Waals surface area (Å²) in [5.41, 5.74) is 1.71. The van der Waals surface area contributed by atoms with Gasteiger partial charge in [-0.3, -0.25) is 4.79 Å². The van der Waals surface area contributed by atoms with Gasteiger partial charge in [-0.25, -0.2) is 9.59 Å². The molecule has 0 fully saturated rings. The number of aromatic hydroxyl groups is 1. The summed E-state index contributed by atoms with van der Waals surface area (Å²) in [6, 6.07) is 13.9. The molecule has 0 saturated heterocycles. The molecule has 30 heavy (non-hydrogen) atoms. The highest BCUT2D eigenvalue weighted by atomic mass is 16.5. The molecule has 1 atom stereocenters. The Hall–Kier alpha value is -3.81. The minimum absolute atomic E-state index is 0.0173. The largest absolute Gasteiger partial charge is 0.508 e. The third-order valence-corrected chi connectivity index (χ3v) is 4.44. The maximum Gasteiger partial charge on any atom is 0.338 e. The van der Waals surface area contributed by atoms with Crippen LogP contribution in [0.4, 0.5) is 4.79 Å². The summed E-state index contributed by atoms with van der Waals surface area (Å²) >= 11 is 0. The summed E-state index contributed by atoms with van der Waals surface area (Å²) < 4.78 is 10.5. The van der Waals surface area contributed by atoms with E-state index >= 15 is 0 Å². The number of phenolic OH excluding ortho intramolecular Hbond substituents is 1. The Labute approximate surface area is 173 Å². The van der Waals surface area contributed by atoms with Crippen molar-refractivity contribution in [2.24, 2.45) is 0 Å². The van der Waals surface area contributed by atoms with E-state index in [-0.39, 0.29) is 36.7 Å². The second-order valence-corrected chi connectivity index (χ2v) is 6.56. The summed E-state index contributed by atoms with van der Waals surface area (Å²) in [6.45, 7) is 1.55. The molecule has 1 aliphatic rings. The van der Waals surface area contributed by atoms with Crippen LogP contribution < -0.4 is 10.6 Å². The zero-order chi connectivity index (χ0) is 21.5. The van der Waals surface area contributed by atoms with Crippen molar-refractivity contribution < 1.29 is 29.0 Å². The van der Waals surface area contributed by atoms with Crippen molar-refractivity contribution >= 4 is 18.0 Å². The summed E-state index contributed by atoms with van der Waals surface area (Å²) in [5.74, 6) is -1.05. The Morgan fingerprint density at radius 3 is 2.40 bits per heavy atom. The number of amides is 2. The van der Waals surface area contributed by atoms with Crippen molar-refractivity contribution in [3.05, 3.63) is 77.0 Å². The van der Waals surface area contributed by atoms with E-state index in [0.717, 1.165) is 0 Å². The number of carbonyl (C=O) groups is 3. The molecule has 0 aromatic heterocycles.